The first-order valence-electron chi connectivity index (χ1n) is 11.5. The van der Waals surface area contributed by atoms with Crippen molar-refractivity contribution in [1.82, 2.24) is 14.3 Å². The molecule has 0 amide bonds. The third kappa shape index (κ3) is 4.34. The molecule has 3 heterocycles. The first-order chi connectivity index (χ1) is 16.9. The standard InChI is InChI=1S/C26H26N6O2S/c1-18-17-31(19(2)15-28-18)23-9-7-22(8-10-23)30-26-13-24-21(16-29-26)11-12-32(24)35(33,34)25-6-4-3-5-20(25)14-27/h3-13,16,18-19,28H,15,17H2,1-2H3,(H,29,30). The van der Waals surface area contributed by atoms with Gasteiger partial charge in [-0.15, -0.1) is 0 Å². The predicted molar refractivity (Wildman–Crippen MR) is 137 cm³/mol. The number of fused-ring (bicyclic) bond motifs is 1. The largest absolute Gasteiger partial charge is 0.366 e. The fourth-order valence-electron chi connectivity index (χ4n) is 4.44. The molecule has 0 aliphatic carbocycles. The van der Waals surface area contributed by atoms with E-state index in [1.54, 1.807) is 30.5 Å². The summed E-state index contributed by atoms with van der Waals surface area (Å²) in [5.74, 6) is 0.526. The van der Waals surface area contributed by atoms with E-state index >= 15 is 0 Å². The van der Waals surface area contributed by atoms with Gasteiger partial charge in [0.15, 0.2) is 0 Å². The lowest BCUT2D eigenvalue weighted by atomic mass is 10.1. The van der Waals surface area contributed by atoms with E-state index in [4.69, 9.17) is 0 Å². The average Bonchev–Trinajstić information content (AvgIpc) is 3.30. The molecule has 4 aromatic rings. The van der Waals surface area contributed by atoms with Crippen LogP contribution in [0.3, 0.4) is 0 Å². The minimum absolute atomic E-state index is 0.0293. The normalized spacial score (nSPS) is 18.4. The van der Waals surface area contributed by atoms with Crippen LogP contribution < -0.4 is 15.5 Å². The van der Waals surface area contributed by atoms with E-state index in [0.29, 0.717) is 28.8 Å². The molecule has 1 aliphatic rings. The van der Waals surface area contributed by atoms with Crippen molar-refractivity contribution in [3.8, 4) is 6.07 Å². The summed E-state index contributed by atoms with van der Waals surface area (Å²) in [5, 5.41) is 16.8. The fraction of sp³-hybridized carbons (Fsp3) is 0.231. The molecular weight excluding hydrogens is 460 g/mol. The summed E-state index contributed by atoms with van der Waals surface area (Å²) in [7, 11) is -3.95. The molecular formula is C26H26N6O2S. The molecule has 1 saturated heterocycles. The lowest BCUT2D eigenvalue weighted by molar-refractivity contribution is 0.425. The molecule has 35 heavy (non-hydrogen) atoms. The van der Waals surface area contributed by atoms with Gasteiger partial charge in [-0.25, -0.2) is 17.4 Å². The van der Waals surface area contributed by atoms with Crippen molar-refractivity contribution < 1.29 is 8.42 Å². The quantitative estimate of drug-likeness (QED) is 0.438. The Morgan fingerprint density at radius 3 is 2.66 bits per heavy atom. The lowest BCUT2D eigenvalue weighted by Crippen LogP contribution is -2.54. The van der Waals surface area contributed by atoms with E-state index < -0.39 is 10.0 Å². The molecule has 0 saturated carbocycles. The highest BCUT2D eigenvalue weighted by Crippen LogP contribution is 2.27. The van der Waals surface area contributed by atoms with Gasteiger partial charge in [0.05, 0.1) is 11.1 Å². The number of hydrogen-bond acceptors (Lipinski definition) is 7. The smallest absolute Gasteiger partial charge is 0.269 e. The molecule has 2 aromatic heterocycles. The van der Waals surface area contributed by atoms with Crippen LogP contribution in [0.5, 0.6) is 0 Å². The zero-order chi connectivity index (χ0) is 24.6. The van der Waals surface area contributed by atoms with E-state index in [1.165, 1.54) is 22.3 Å². The van der Waals surface area contributed by atoms with Crippen LogP contribution in [0.1, 0.15) is 19.4 Å². The minimum Gasteiger partial charge on any atom is -0.366 e. The highest BCUT2D eigenvalue weighted by atomic mass is 32.2. The summed E-state index contributed by atoms with van der Waals surface area (Å²) in [6, 6.07) is 20.6. The summed E-state index contributed by atoms with van der Waals surface area (Å²) in [4.78, 5) is 6.81. The van der Waals surface area contributed by atoms with Gasteiger partial charge in [0.2, 0.25) is 0 Å². The van der Waals surface area contributed by atoms with Crippen LogP contribution in [0, 0.1) is 11.3 Å². The number of benzene rings is 2. The number of nitrogens with zero attached hydrogens (tertiary/aromatic N) is 4. The first kappa shape index (κ1) is 22.9. The monoisotopic (exact) mass is 486 g/mol. The van der Waals surface area contributed by atoms with Crippen LogP contribution in [0.2, 0.25) is 0 Å². The van der Waals surface area contributed by atoms with Crippen molar-refractivity contribution in [2.75, 3.05) is 23.3 Å². The number of piperazine rings is 1. The molecule has 178 valence electrons. The number of pyridine rings is 1. The molecule has 2 aromatic carbocycles. The molecule has 5 rings (SSSR count). The van der Waals surface area contributed by atoms with E-state index in [1.807, 2.05) is 18.2 Å². The zero-order valence-electron chi connectivity index (χ0n) is 19.5. The predicted octanol–water partition coefficient (Wildman–Crippen LogP) is 4.08. The molecule has 0 radical (unpaired) electrons. The Bertz CT molecular complexity index is 1520. The Morgan fingerprint density at radius 1 is 1.11 bits per heavy atom. The van der Waals surface area contributed by atoms with Gasteiger partial charge < -0.3 is 15.5 Å². The summed E-state index contributed by atoms with van der Waals surface area (Å²) < 4.78 is 27.9. The van der Waals surface area contributed by atoms with Gasteiger partial charge in [-0.05, 0) is 56.3 Å². The third-order valence-electron chi connectivity index (χ3n) is 6.32. The molecule has 2 N–H and O–H groups in total. The Hall–Kier alpha value is -3.87. The molecule has 2 unspecified atom stereocenters. The van der Waals surface area contributed by atoms with Gasteiger partial charge in [0.25, 0.3) is 10.0 Å². The van der Waals surface area contributed by atoms with Crippen LogP contribution in [0.15, 0.2) is 78.0 Å². The number of nitriles is 1. The Kier molecular flexibility index (Phi) is 5.93. The number of hydrogen-bond donors (Lipinski definition) is 2. The van der Waals surface area contributed by atoms with Crippen molar-refractivity contribution in [2.24, 2.45) is 0 Å². The first-order valence-corrected chi connectivity index (χ1v) is 12.9. The highest BCUT2D eigenvalue weighted by molar-refractivity contribution is 7.90. The number of rotatable bonds is 5. The summed E-state index contributed by atoms with van der Waals surface area (Å²) in [5.41, 5.74) is 2.61. The summed E-state index contributed by atoms with van der Waals surface area (Å²) >= 11 is 0. The maximum atomic E-state index is 13.4. The minimum atomic E-state index is -3.95. The Morgan fingerprint density at radius 2 is 1.89 bits per heavy atom. The number of anilines is 3. The van der Waals surface area contributed by atoms with Gasteiger partial charge in [-0.1, -0.05) is 12.1 Å². The van der Waals surface area contributed by atoms with Crippen LogP contribution >= 0.6 is 0 Å². The van der Waals surface area contributed by atoms with Crippen molar-refractivity contribution in [2.45, 2.75) is 30.8 Å². The second kappa shape index (κ2) is 9.06. The summed E-state index contributed by atoms with van der Waals surface area (Å²) in [6.45, 7) is 6.30. The molecule has 0 spiro atoms. The second-order valence-electron chi connectivity index (χ2n) is 8.84. The molecule has 9 heteroatoms. The van der Waals surface area contributed by atoms with Gasteiger partial charge in [-0.2, -0.15) is 5.26 Å². The molecule has 1 fully saturated rings. The highest BCUT2D eigenvalue weighted by Gasteiger charge is 2.23. The second-order valence-corrected chi connectivity index (χ2v) is 10.6. The van der Waals surface area contributed by atoms with Crippen molar-refractivity contribution in [3.05, 3.63) is 78.6 Å². The fourth-order valence-corrected chi connectivity index (χ4v) is 5.93. The Labute approximate surface area is 204 Å². The molecule has 1 aliphatic heterocycles. The SMILES string of the molecule is CC1CN(c2ccc(Nc3cc4c(ccn4S(=O)(=O)c4ccccc4C#N)cn3)cc2)C(C)CN1. The molecule has 0 bridgehead atoms. The van der Waals surface area contributed by atoms with E-state index in [9.17, 15) is 13.7 Å². The summed E-state index contributed by atoms with van der Waals surface area (Å²) in [6.07, 6.45) is 3.13. The van der Waals surface area contributed by atoms with E-state index in [-0.39, 0.29) is 10.5 Å². The zero-order valence-corrected chi connectivity index (χ0v) is 20.3. The van der Waals surface area contributed by atoms with Crippen LogP contribution in [0.4, 0.5) is 17.2 Å². The molecule has 8 nitrogen and oxygen atoms in total. The number of nitrogens with one attached hydrogen (secondary N) is 2. The van der Waals surface area contributed by atoms with Gasteiger partial charge >= 0.3 is 0 Å². The van der Waals surface area contributed by atoms with Gasteiger partial charge in [0.1, 0.15) is 16.8 Å². The van der Waals surface area contributed by atoms with Gasteiger partial charge in [0, 0.05) is 60.4 Å². The lowest BCUT2D eigenvalue weighted by Gasteiger charge is -2.39. The molecule has 2 atom stereocenters. The maximum Gasteiger partial charge on any atom is 0.269 e. The Balaban J connectivity index is 1.43. The van der Waals surface area contributed by atoms with Crippen LogP contribution in [-0.2, 0) is 10.0 Å². The average molecular weight is 487 g/mol. The topological polar surface area (TPSA) is 103 Å². The third-order valence-corrected chi connectivity index (χ3v) is 8.07. The van der Waals surface area contributed by atoms with Crippen molar-refractivity contribution in [3.63, 3.8) is 0 Å². The van der Waals surface area contributed by atoms with Crippen LogP contribution in [-0.4, -0.2) is 42.5 Å². The van der Waals surface area contributed by atoms with Crippen molar-refractivity contribution >= 4 is 38.1 Å². The maximum absolute atomic E-state index is 13.4. The van der Waals surface area contributed by atoms with E-state index in [2.05, 4.69) is 46.5 Å². The van der Waals surface area contributed by atoms with Crippen LogP contribution in [0.25, 0.3) is 10.9 Å². The van der Waals surface area contributed by atoms with Crippen molar-refractivity contribution in [1.29, 1.82) is 5.26 Å². The van der Waals surface area contributed by atoms with Gasteiger partial charge in [-0.3, -0.25) is 0 Å². The van der Waals surface area contributed by atoms with E-state index in [0.717, 1.165) is 24.5 Å². The number of aromatic nitrogens is 2.